The maximum absolute atomic E-state index is 10.9. The second-order valence-electron chi connectivity index (χ2n) is 5.48. The van der Waals surface area contributed by atoms with Gasteiger partial charge in [0.2, 0.25) is 0 Å². The summed E-state index contributed by atoms with van der Waals surface area (Å²) in [6, 6.07) is 3.74. The van der Waals surface area contributed by atoms with Crippen LogP contribution in [0.4, 0.5) is 5.69 Å². The second-order valence-corrected chi connectivity index (χ2v) is 5.48. The van der Waals surface area contributed by atoms with Gasteiger partial charge in [0.1, 0.15) is 0 Å². The van der Waals surface area contributed by atoms with Crippen molar-refractivity contribution < 1.29 is 19.3 Å². The number of rotatable bonds is 6. The van der Waals surface area contributed by atoms with Gasteiger partial charge in [-0.2, -0.15) is 0 Å². The van der Waals surface area contributed by atoms with Crippen LogP contribution in [-0.4, -0.2) is 38.8 Å². The van der Waals surface area contributed by atoms with Gasteiger partial charge in [-0.3, -0.25) is 0 Å². The zero-order valence-electron chi connectivity index (χ0n) is 14.4. The van der Waals surface area contributed by atoms with Crippen molar-refractivity contribution in [3.63, 3.8) is 0 Å². The molecule has 0 amide bonds. The smallest absolute Gasteiger partial charge is 0.196 e. The van der Waals surface area contributed by atoms with Crippen LogP contribution < -0.4 is 14.8 Å². The molecule has 1 aromatic carbocycles. The maximum atomic E-state index is 10.9. The Bertz CT molecular complexity index is 636. The molecule has 1 aliphatic rings. The van der Waals surface area contributed by atoms with Gasteiger partial charge in [-0.25, -0.2) is 0 Å². The van der Waals surface area contributed by atoms with Gasteiger partial charge in [0.05, 0.1) is 14.2 Å². The molecule has 2 rings (SSSR count). The molecule has 1 atom stereocenters. The fraction of sp³-hybridized carbons (Fsp3) is 0.444. The number of anilines is 1. The Hall–Kier alpha value is -1.98. The van der Waals surface area contributed by atoms with Crippen molar-refractivity contribution in [2.45, 2.75) is 26.1 Å². The van der Waals surface area contributed by atoms with Crippen molar-refractivity contribution in [3.8, 4) is 11.5 Å². The number of methoxy groups -OCH3 is 3. The number of hydrogen-bond acceptors (Lipinski definition) is 5. The van der Waals surface area contributed by atoms with Crippen LogP contribution in [0.15, 0.2) is 29.9 Å². The molecule has 0 radical (unpaired) electrons. The van der Waals surface area contributed by atoms with Crippen LogP contribution >= 0.6 is 0 Å². The first-order valence-corrected chi connectivity index (χ1v) is 7.65. The van der Waals surface area contributed by atoms with Crippen molar-refractivity contribution in [3.05, 3.63) is 35.4 Å². The first-order chi connectivity index (χ1) is 11.0. The third-order valence-corrected chi connectivity index (χ3v) is 4.01. The lowest BCUT2D eigenvalue weighted by atomic mass is 9.87. The van der Waals surface area contributed by atoms with Gasteiger partial charge in [-0.15, -0.1) is 0 Å². The monoisotopic (exact) mass is 319 g/mol. The summed E-state index contributed by atoms with van der Waals surface area (Å²) in [4.78, 5) is 0. The lowest BCUT2D eigenvalue weighted by molar-refractivity contribution is -0.134. The Balaban J connectivity index is 2.66. The van der Waals surface area contributed by atoms with E-state index in [4.69, 9.17) is 14.2 Å². The van der Waals surface area contributed by atoms with E-state index in [1.54, 1.807) is 14.2 Å². The van der Waals surface area contributed by atoms with Gasteiger partial charge < -0.3 is 24.6 Å². The number of allylic oxidation sites excluding steroid dienone is 2. The molecule has 0 spiro atoms. The molecule has 0 aliphatic heterocycles. The molecule has 1 aromatic rings. The van der Waals surface area contributed by atoms with Gasteiger partial charge in [0, 0.05) is 43.0 Å². The highest BCUT2D eigenvalue weighted by atomic mass is 16.6. The summed E-state index contributed by atoms with van der Waals surface area (Å²) in [6.45, 7) is 4.77. The molecule has 0 aromatic heterocycles. The van der Waals surface area contributed by atoms with Crippen molar-refractivity contribution in [1.29, 1.82) is 0 Å². The van der Waals surface area contributed by atoms with Crippen LogP contribution in [0.5, 0.6) is 11.5 Å². The fourth-order valence-corrected chi connectivity index (χ4v) is 2.73. The average Bonchev–Trinajstić information content (AvgIpc) is 2.57. The maximum Gasteiger partial charge on any atom is 0.196 e. The van der Waals surface area contributed by atoms with Gasteiger partial charge in [0.25, 0.3) is 0 Å². The third-order valence-electron chi connectivity index (χ3n) is 4.01. The summed E-state index contributed by atoms with van der Waals surface area (Å²) in [5.41, 5.74) is 3.48. The molecule has 1 unspecified atom stereocenters. The molecular weight excluding hydrogens is 294 g/mol. The van der Waals surface area contributed by atoms with E-state index in [9.17, 15) is 5.11 Å². The van der Waals surface area contributed by atoms with Crippen molar-refractivity contribution in [2.75, 3.05) is 33.2 Å². The van der Waals surface area contributed by atoms with E-state index in [0.717, 1.165) is 23.4 Å². The van der Waals surface area contributed by atoms with Crippen LogP contribution in [0.3, 0.4) is 0 Å². The molecule has 0 heterocycles. The highest BCUT2D eigenvalue weighted by molar-refractivity contribution is 5.84. The molecule has 0 saturated carbocycles. The molecule has 5 heteroatoms. The van der Waals surface area contributed by atoms with E-state index in [-0.39, 0.29) is 0 Å². The van der Waals surface area contributed by atoms with E-state index in [1.807, 2.05) is 38.1 Å². The Kier molecular flexibility index (Phi) is 5.34. The highest BCUT2D eigenvalue weighted by Gasteiger charge is 2.35. The van der Waals surface area contributed by atoms with Crippen molar-refractivity contribution in [2.24, 2.45) is 0 Å². The standard InChI is InChI=1S/C18H25NO4/c1-6-19-15-11-17(22-4)16(21-3)10-13(15)14-9-12(2)7-8-18(14,20)23-5/h7,9-11,19-20H,6,8H2,1-5H3. The molecule has 0 saturated heterocycles. The lowest BCUT2D eigenvalue weighted by Gasteiger charge is -2.33. The molecule has 1 aliphatic carbocycles. The van der Waals surface area contributed by atoms with E-state index in [1.165, 1.54) is 7.11 Å². The van der Waals surface area contributed by atoms with Crippen molar-refractivity contribution in [1.82, 2.24) is 0 Å². The van der Waals surface area contributed by atoms with Crippen molar-refractivity contribution >= 4 is 11.3 Å². The summed E-state index contributed by atoms with van der Waals surface area (Å²) >= 11 is 0. The summed E-state index contributed by atoms with van der Waals surface area (Å²) in [5.74, 6) is -0.115. The average molecular weight is 319 g/mol. The predicted octanol–water partition coefficient (Wildman–Crippen LogP) is 3.20. The Morgan fingerprint density at radius 2 is 1.83 bits per heavy atom. The number of ether oxygens (including phenoxy) is 3. The Morgan fingerprint density at radius 1 is 1.17 bits per heavy atom. The minimum absolute atomic E-state index is 0.404. The minimum atomic E-state index is -1.36. The summed E-state index contributed by atoms with van der Waals surface area (Å²) in [7, 11) is 4.71. The molecular formula is C18H25NO4. The van der Waals surface area contributed by atoms with Gasteiger partial charge in [-0.1, -0.05) is 17.7 Å². The minimum Gasteiger partial charge on any atom is -0.493 e. The van der Waals surface area contributed by atoms with Gasteiger partial charge in [0.15, 0.2) is 17.3 Å². The summed E-state index contributed by atoms with van der Waals surface area (Å²) in [5, 5.41) is 14.2. The third kappa shape index (κ3) is 3.35. The SMILES string of the molecule is CCNc1cc(OC)c(OC)cc1C1=CC(C)=CCC1(O)OC. The van der Waals surface area contributed by atoms with E-state index in [0.29, 0.717) is 23.5 Å². The number of hydrogen-bond donors (Lipinski definition) is 2. The van der Waals surface area contributed by atoms with Crippen LogP contribution in [0, 0.1) is 0 Å². The normalized spacial score (nSPS) is 20.6. The lowest BCUT2D eigenvalue weighted by Crippen LogP contribution is -2.34. The van der Waals surface area contributed by atoms with Crippen LogP contribution in [0.2, 0.25) is 0 Å². The van der Waals surface area contributed by atoms with Crippen LogP contribution in [0.1, 0.15) is 25.8 Å². The van der Waals surface area contributed by atoms with E-state index in [2.05, 4.69) is 5.32 Å². The van der Waals surface area contributed by atoms with Crippen LogP contribution in [-0.2, 0) is 4.74 Å². The van der Waals surface area contributed by atoms with Crippen LogP contribution in [0.25, 0.3) is 5.57 Å². The molecule has 2 N–H and O–H groups in total. The summed E-state index contributed by atoms with van der Waals surface area (Å²) < 4.78 is 16.2. The topological polar surface area (TPSA) is 60.0 Å². The Morgan fingerprint density at radius 3 is 2.39 bits per heavy atom. The first kappa shape index (κ1) is 17.4. The molecule has 0 bridgehead atoms. The number of benzene rings is 1. The van der Waals surface area contributed by atoms with E-state index < -0.39 is 5.79 Å². The quantitative estimate of drug-likeness (QED) is 0.789. The molecule has 5 nitrogen and oxygen atoms in total. The second kappa shape index (κ2) is 7.06. The van der Waals surface area contributed by atoms with E-state index >= 15 is 0 Å². The number of nitrogens with one attached hydrogen (secondary N) is 1. The zero-order chi connectivity index (χ0) is 17.0. The molecule has 126 valence electrons. The first-order valence-electron chi connectivity index (χ1n) is 7.65. The fourth-order valence-electron chi connectivity index (χ4n) is 2.73. The molecule has 23 heavy (non-hydrogen) atoms. The zero-order valence-corrected chi connectivity index (χ0v) is 14.4. The molecule has 0 fully saturated rings. The Labute approximate surface area is 137 Å². The van der Waals surface area contributed by atoms with Gasteiger partial charge >= 0.3 is 0 Å². The summed E-state index contributed by atoms with van der Waals surface area (Å²) in [6.07, 6.45) is 4.30. The number of aliphatic hydroxyl groups is 1. The highest BCUT2D eigenvalue weighted by Crippen LogP contribution is 2.43. The van der Waals surface area contributed by atoms with Gasteiger partial charge in [-0.05, 0) is 19.9 Å². The largest absolute Gasteiger partial charge is 0.493 e. The predicted molar refractivity (Wildman–Crippen MR) is 92.0 cm³/mol.